The number of halogens is 2. The van der Waals surface area contributed by atoms with Crippen molar-refractivity contribution in [3.63, 3.8) is 0 Å². The fourth-order valence-electron chi connectivity index (χ4n) is 1.51. The number of rotatable bonds is 3. The van der Waals surface area contributed by atoms with Gasteiger partial charge in [-0.05, 0) is 24.3 Å². The van der Waals surface area contributed by atoms with Crippen LogP contribution < -0.4 is 10.5 Å². The Balaban J connectivity index is 2.35. The summed E-state index contributed by atoms with van der Waals surface area (Å²) in [6.07, 6.45) is 0. The molecule has 17 heavy (non-hydrogen) atoms. The van der Waals surface area contributed by atoms with Gasteiger partial charge in [-0.2, -0.15) is 0 Å². The van der Waals surface area contributed by atoms with Crippen LogP contribution in [0.1, 0.15) is 16.5 Å². The largest absolute Gasteiger partial charge is 0.496 e. The Bertz CT molecular complexity index is 527. The van der Waals surface area contributed by atoms with Gasteiger partial charge in [0.2, 0.25) is 0 Å². The van der Waals surface area contributed by atoms with Crippen LogP contribution in [0.5, 0.6) is 5.75 Å². The van der Waals surface area contributed by atoms with Gasteiger partial charge in [0.05, 0.1) is 13.2 Å². The van der Waals surface area contributed by atoms with E-state index in [0.717, 1.165) is 23.1 Å². The van der Waals surface area contributed by atoms with Crippen LogP contribution >= 0.6 is 11.3 Å². The zero-order chi connectivity index (χ0) is 12.4. The molecule has 0 saturated carbocycles. The summed E-state index contributed by atoms with van der Waals surface area (Å²) in [5.41, 5.74) is 6.05. The topological polar surface area (TPSA) is 35.2 Å². The summed E-state index contributed by atoms with van der Waals surface area (Å²) in [4.78, 5) is 0.728. The second-order valence-corrected chi connectivity index (χ2v) is 4.48. The van der Waals surface area contributed by atoms with E-state index in [9.17, 15) is 8.78 Å². The highest BCUT2D eigenvalue weighted by molar-refractivity contribution is 7.10. The highest BCUT2D eigenvalue weighted by atomic mass is 32.1. The third-order valence-corrected chi connectivity index (χ3v) is 3.43. The summed E-state index contributed by atoms with van der Waals surface area (Å²) in [5, 5.41) is 1.77. The molecule has 1 atom stereocenters. The Kier molecular flexibility index (Phi) is 3.40. The van der Waals surface area contributed by atoms with Gasteiger partial charge in [-0.25, -0.2) is 8.78 Å². The number of methoxy groups -OCH3 is 1. The van der Waals surface area contributed by atoms with E-state index < -0.39 is 17.7 Å². The van der Waals surface area contributed by atoms with Crippen molar-refractivity contribution in [3.05, 3.63) is 51.7 Å². The maximum absolute atomic E-state index is 13.5. The van der Waals surface area contributed by atoms with Crippen molar-refractivity contribution in [2.45, 2.75) is 6.04 Å². The Labute approximate surface area is 102 Å². The molecular formula is C12H11F2NOS. The lowest BCUT2D eigenvalue weighted by molar-refractivity contribution is 0.416. The van der Waals surface area contributed by atoms with Crippen LogP contribution in [0.15, 0.2) is 29.6 Å². The number of nitrogens with two attached hydrogens (primary N) is 1. The molecule has 2 aromatic rings. The van der Waals surface area contributed by atoms with Gasteiger partial charge in [0.15, 0.2) is 0 Å². The first-order valence-electron chi connectivity index (χ1n) is 4.94. The molecule has 0 aliphatic heterocycles. The molecule has 2 rings (SSSR count). The molecular weight excluding hydrogens is 244 g/mol. The molecule has 2 nitrogen and oxygen atoms in total. The standard InChI is InChI=1S/C12H11F2NOS/c1-16-8-5-11(17-6-8)12(15)9-4-7(13)2-3-10(9)14/h2-6,12H,15H2,1H3. The molecule has 0 spiro atoms. The predicted octanol–water partition coefficient (Wildman–Crippen LogP) is 3.08. The highest BCUT2D eigenvalue weighted by Crippen LogP contribution is 2.30. The van der Waals surface area contributed by atoms with Crippen LogP contribution in [0.3, 0.4) is 0 Å². The monoisotopic (exact) mass is 255 g/mol. The van der Waals surface area contributed by atoms with E-state index in [-0.39, 0.29) is 5.56 Å². The van der Waals surface area contributed by atoms with Crippen molar-refractivity contribution >= 4 is 11.3 Å². The molecule has 0 fully saturated rings. The second kappa shape index (κ2) is 4.81. The van der Waals surface area contributed by atoms with Gasteiger partial charge in [0.1, 0.15) is 17.4 Å². The van der Waals surface area contributed by atoms with Crippen LogP contribution in [-0.4, -0.2) is 7.11 Å². The van der Waals surface area contributed by atoms with Gasteiger partial charge in [-0.15, -0.1) is 11.3 Å². The fourth-order valence-corrected chi connectivity index (χ4v) is 2.38. The van der Waals surface area contributed by atoms with Crippen molar-refractivity contribution < 1.29 is 13.5 Å². The lowest BCUT2D eigenvalue weighted by atomic mass is 10.1. The maximum Gasteiger partial charge on any atom is 0.129 e. The lowest BCUT2D eigenvalue weighted by Gasteiger charge is -2.10. The minimum absolute atomic E-state index is 0.148. The second-order valence-electron chi connectivity index (χ2n) is 3.53. The first-order valence-corrected chi connectivity index (χ1v) is 5.82. The molecule has 0 aliphatic carbocycles. The molecule has 0 amide bonds. The fraction of sp³-hybridized carbons (Fsp3) is 0.167. The Hall–Kier alpha value is -1.46. The molecule has 1 unspecified atom stereocenters. The van der Waals surface area contributed by atoms with Gasteiger partial charge < -0.3 is 10.5 Å². The summed E-state index contributed by atoms with van der Waals surface area (Å²) in [6.45, 7) is 0. The number of hydrogen-bond acceptors (Lipinski definition) is 3. The van der Waals surface area contributed by atoms with Crippen molar-refractivity contribution in [1.29, 1.82) is 0 Å². The number of thiophene rings is 1. The molecule has 5 heteroatoms. The quantitative estimate of drug-likeness (QED) is 0.914. The summed E-state index contributed by atoms with van der Waals surface area (Å²) in [6, 6.07) is 4.31. The molecule has 2 N–H and O–H groups in total. The SMILES string of the molecule is COc1csc(C(N)c2cc(F)ccc2F)c1. The molecule has 0 aliphatic rings. The highest BCUT2D eigenvalue weighted by Gasteiger charge is 2.16. The van der Waals surface area contributed by atoms with Crippen molar-refractivity contribution in [2.75, 3.05) is 7.11 Å². The van der Waals surface area contributed by atoms with E-state index in [2.05, 4.69) is 0 Å². The van der Waals surface area contributed by atoms with E-state index in [1.54, 1.807) is 18.6 Å². The average molecular weight is 255 g/mol. The first-order chi connectivity index (χ1) is 8.11. The van der Waals surface area contributed by atoms with Crippen LogP contribution in [0.4, 0.5) is 8.78 Å². The van der Waals surface area contributed by atoms with Crippen LogP contribution in [0, 0.1) is 11.6 Å². The Morgan fingerprint density at radius 1 is 1.29 bits per heavy atom. The maximum atomic E-state index is 13.5. The molecule has 1 aromatic heterocycles. The van der Waals surface area contributed by atoms with Gasteiger partial charge in [-0.1, -0.05) is 0 Å². The van der Waals surface area contributed by atoms with Gasteiger partial charge >= 0.3 is 0 Å². The molecule has 1 aromatic carbocycles. The molecule has 0 saturated heterocycles. The van der Waals surface area contributed by atoms with E-state index in [4.69, 9.17) is 10.5 Å². The Morgan fingerprint density at radius 3 is 2.71 bits per heavy atom. The van der Waals surface area contributed by atoms with Crippen LogP contribution in [-0.2, 0) is 0 Å². The number of hydrogen-bond donors (Lipinski definition) is 1. The van der Waals surface area contributed by atoms with E-state index in [1.165, 1.54) is 11.3 Å². The van der Waals surface area contributed by atoms with Crippen LogP contribution in [0.2, 0.25) is 0 Å². The Morgan fingerprint density at radius 2 is 2.06 bits per heavy atom. The van der Waals surface area contributed by atoms with Gasteiger partial charge in [0, 0.05) is 15.8 Å². The number of benzene rings is 1. The minimum atomic E-state index is -0.681. The van der Waals surface area contributed by atoms with E-state index >= 15 is 0 Å². The van der Waals surface area contributed by atoms with E-state index in [1.807, 2.05) is 0 Å². The molecule has 90 valence electrons. The first kappa shape index (κ1) is 12.0. The minimum Gasteiger partial charge on any atom is -0.496 e. The number of ether oxygens (including phenoxy) is 1. The summed E-state index contributed by atoms with van der Waals surface area (Å²) in [7, 11) is 1.54. The third-order valence-electron chi connectivity index (χ3n) is 2.43. The zero-order valence-electron chi connectivity index (χ0n) is 9.11. The van der Waals surface area contributed by atoms with Crippen molar-refractivity contribution in [3.8, 4) is 5.75 Å². The van der Waals surface area contributed by atoms with Crippen molar-refractivity contribution in [2.24, 2.45) is 5.73 Å². The lowest BCUT2D eigenvalue weighted by Crippen LogP contribution is -2.12. The zero-order valence-corrected chi connectivity index (χ0v) is 9.93. The van der Waals surface area contributed by atoms with Gasteiger partial charge in [-0.3, -0.25) is 0 Å². The van der Waals surface area contributed by atoms with Gasteiger partial charge in [0.25, 0.3) is 0 Å². The normalized spacial score (nSPS) is 12.5. The molecule has 0 radical (unpaired) electrons. The molecule has 1 heterocycles. The summed E-state index contributed by atoms with van der Waals surface area (Å²) in [5.74, 6) is -0.344. The molecule has 0 bridgehead atoms. The van der Waals surface area contributed by atoms with Crippen LogP contribution in [0.25, 0.3) is 0 Å². The third kappa shape index (κ3) is 2.45. The summed E-state index contributed by atoms with van der Waals surface area (Å²) >= 11 is 1.35. The van der Waals surface area contributed by atoms with Crippen molar-refractivity contribution in [1.82, 2.24) is 0 Å². The predicted molar refractivity (Wildman–Crippen MR) is 63.3 cm³/mol. The summed E-state index contributed by atoms with van der Waals surface area (Å²) < 4.78 is 31.6. The van der Waals surface area contributed by atoms with E-state index in [0.29, 0.717) is 5.75 Å². The smallest absolute Gasteiger partial charge is 0.129 e. The average Bonchev–Trinajstić information content (AvgIpc) is 2.80.